The van der Waals surface area contributed by atoms with Crippen LogP contribution in [0.2, 0.25) is 0 Å². The normalized spacial score (nSPS) is 34.3. The third kappa shape index (κ3) is 1.82. The predicted octanol–water partition coefficient (Wildman–Crippen LogP) is 0.865. The minimum atomic E-state index is -0.576. The molecule has 0 aromatic rings. The van der Waals surface area contributed by atoms with E-state index in [0.29, 0.717) is 12.6 Å². The molecule has 5 nitrogen and oxygen atoms in total. The fourth-order valence-corrected chi connectivity index (χ4v) is 2.29. The number of hydrogen-bond donors (Lipinski definition) is 1. The summed E-state index contributed by atoms with van der Waals surface area (Å²) in [6, 6.07) is 0.312. The molecule has 2 aliphatic rings. The van der Waals surface area contributed by atoms with Crippen LogP contribution in [0.15, 0.2) is 12.7 Å². The molecule has 2 rings (SSSR count). The summed E-state index contributed by atoms with van der Waals surface area (Å²) in [6.45, 7) is 6.05. The lowest BCUT2D eigenvalue weighted by Gasteiger charge is -2.43. The fourth-order valence-electron chi connectivity index (χ4n) is 2.29. The molecule has 2 heterocycles. The molecular formula is C11H16N2O3. The van der Waals surface area contributed by atoms with E-state index in [-0.39, 0.29) is 12.1 Å². The van der Waals surface area contributed by atoms with E-state index in [4.69, 9.17) is 4.74 Å². The zero-order valence-corrected chi connectivity index (χ0v) is 9.31. The van der Waals surface area contributed by atoms with Gasteiger partial charge in [-0.3, -0.25) is 15.0 Å². The highest BCUT2D eigenvalue weighted by atomic mass is 16.6. The number of piperidine rings is 1. The molecule has 16 heavy (non-hydrogen) atoms. The van der Waals surface area contributed by atoms with E-state index in [1.165, 1.54) is 4.90 Å². The van der Waals surface area contributed by atoms with Gasteiger partial charge in [0.1, 0.15) is 0 Å². The van der Waals surface area contributed by atoms with Crippen molar-refractivity contribution in [2.45, 2.75) is 32.0 Å². The highest BCUT2D eigenvalue weighted by Crippen LogP contribution is 2.28. The van der Waals surface area contributed by atoms with Gasteiger partial charge < -0.3 is 4.74 Å². The Morgan fingerprint density at radius 3 is 3.00 bits per heavy atom. The van der Waals surface area contributed by atoms with Crippen molar-refractivity contribution in [1.29, 1.82) is 0 Å². The summed E-state index contributed by atoms with van der Waals surface area (Å²) in [5.41, 5.74) is 0. The summed E-state index contributed by atoms with van der Waals surface area (Å²) in [7, 11) is 0. The maximum atomic E-state index is 11.6. The number of rotatable bonds is 2. The fraction of sp³-hybridized carbons (Fsp3) is 0.636. The van der Waals surface area contributed by atoms with Gasteiger partial charge in [-0.05, 0) is 19.8 Å². The molecule has 1 amide bonds. The van der Waals surface area contributed by atoms with Crippen LogP contribution in [-0.2, 0) is 9.53 Å². The number of hydrogen-bond acceptors (Lipinski definition) is 4. The molecule has 88 valence electrons. The Bertz CT molecular complexity index is 329. The predicted molar refractivity (Wildman–Crippen MR) is 57.5 cm³/mol. The SMILES string of the molecule is C=CCN1C(=O)OC(=O)C2CCC(C)NC21. The number of amides is 1. The molecule has 2 saturated heterocycles. The van der Waals surface area contributed by atoms with Crippen molar-refractivity contribution in [3.8, 4) is 0 Å². The van der Waals surface area contributed by atoms with Gasteiger partial charge in [0, 0.05) is 12.6 Å². The number of esters is 1. The van der Waals surface area contributed by atoms with Gasteiger partial charge in [0.15, 0.2) is 0 Å². The third-order valence-electron chi connectivity index (χ3n) is 3.13. The number of fused-ring (bicyclic) bond motifs is 1. The van der Waals surface area contributed by atoms with Crippen LogP contribution in [0.1, 0.15) is 19.8 Å². The molecule has 3 atom stereocenters. The second-order valence-electron chi connectivity index (χ2n) is 4.32. The Morgan fingerprint density at radius 1 is 1.56 bits per heavy atom. The van der Waals surface area contributed by atoms with Crippen LogP contribution in [0.4, 0.5) is 4.79 Å². The van der Waals surface area contributed by atoms with Crippen molar-refractivity contribution in [1.82, 2.24) is 10.2 Å². The largest absolute Gasteiger partial charge is 0.419 e. The molecule has 3 unspecified atom stereocenters. The van der Waals surface area contributed by atoms with Gasteiger partial charge in [-0.1, -0.05) is 6.08 Å². The second kappa shape index (κ2) is 4.25. The summed E-state index contributed by atoms with van der Waals surface area (Å²) in [5.74, 6) is -0.649. The zero-order valence-electron chi connectivity index (χ0n) is 9.31. The quantitative estimate of drug-likeness (QED) is 0.429. The maximum Gasteiger partial charge on any atom is 0.419 e. The van der Waals surface area contributed by atoms with Gasteiger partial charge >= 0.3 is 12.1 Å². The van der Waals surface area contributed by atoms with Gasteiger partial charge in [-0.2, -0.15) is 0 Å². The van der Waals surface area contributed by atoms with E-state index in [1.54, 1.807) is 6.08 Å². The topological polar surface area (TPSA) is 58.6 Å². The average Bonchev–Trinajstić information content (AvgIpc) is 2.23. The number of cyclic esters (lactones) is 2. The van der Waals surface area contributed by atoms with Crippen LogP contribution in [0.5, 0.6) is 0 Å². The van der Waals surface area contributed by atoms with Crippen LogP contribution < -0.4 is 5.32 Å². The Labute approximate surface area is 94.4 Å². The van der Waals surface area contributed by atoms with Crippen molar-refractivity contribution in [2.24, 2.45) is 5.92 Å². The van der Waals surface area contributed by atoms with Crippen LogP contribution in [0.25, 0.3) is 0 Å². The first-order chi connectivity index (χ1) is 7.63. The van der Waals surface area contributed by atoms with Crippen LogP contribution >= 0.6 is 0 Å². The first kappa shape index (κ1) is 11.1. The molecule has 5 heteroatoms. The lowest BCUT2D eigenvalue weighted by atomic mass is 9.90. The van der Waals surface area contributed by atoms with Gasteiger partial charge in [0.25, 0.3) is 0 Å². The van der Waals surface area contributed by atoms with E-state index in [9.17, 15) is 9.59 Å². The molecule has 0 aromatic heterocycles. The van der Waals surface area contributed by atoms with Crippen molar-refractivity contribution in [2.75, 3.05) is 6.54 Å². The summed E-state index contributed by atoms with van der Waals surface area (Å²) >= 11 is 0. The highest BCUT2D eigenvalue weighted by Gasteiger charge is 2.45. The summed E-state index contributed by atoms with van der Waals surface area (Å²) in [5, 5.41) is 3.27. The summed E-state index contributed by atoms with van der Waals surface area (Å²) < 4.78 is 4.72. The van der Waals surface area contributed by atoms with Crippen molar-refractivity contribution in [3.63, 3.8) is 0 Å². The van der Waals surface area contributed by atoms with Crippen LogP contribution in [0, 0.1) is 5.92 Å². The lowest BCUT2D eigenvalue weighted by Crippen LogP contribution is -2.63. The van der Waals surface area contributed by atoms with Crippen molar-refractivity contribution < 1.29 is 14.3 Å². The second-order valence-corrected chi connectivity index (χ2v) is 4.32. The summed E-state index contributed by atoms with van der Waals surface area (Å²) in [6.07, 6.45) is 2.50. The number of nitrogens with zero attached hydrogens (tertiary/aromatic N) is 1. The molecule has 0 aliphatic carbocycles. The molecule has 0 spiro atoms. The van der Waals surface area contributed by atoms with Gasteiger partial charge in [0.05, 0.1) is 12.1 Å². The van der Waals surface area contributed by atoms with E-state index in [0.717, 1.165) is 12.8 Å². The molecule has 2 aliphatic heterocycles. The van der Waals surface area contributed by atoms with E-state index < -0.39 is 12.1 Å². The third-order valence-corrected chi connectivity index (χ3v) is 3.13. The highest BCUT2D eigenvalue weighted by molar-refractivity contribution is 5.89. The number of carbonyl (C=O) groups excluding carboxylic acids is 2. The number of nitrogens with one attached hydrogen (secondary N) is 1. The molecule has 2 fully saturated rings. The van der Waals surface area contributed by atoms with Crippen molar-refractivity contribution >= 4 is 12.1 Å². The van der Waals surface area contributed by atoms with E-state index in [1.807, 2.05) is 6.92 Å². The first-order valence-corrected chi connectivity index (χ1v) is 5.52. The average molecular weight is 224 g/mol. The monoisotopic (exact) mass is 224 g/mol. The molecule has 1 N–H and O–H groups in total. The van der Waals surface area contributed by atoms with E-state index in [2.05, 4.69) is 11.9 Å². The number of carbonyl (C=O) groups is 2. The van der Waals surface area contributed by atoms with Crippen molar-refractivity contribution in [3.05, 3.63) is 12.7 Å². The zero-order chi connectivity index (χ0) is 11.7. The molecule has 0 saturated carbocycles. The number of ether oxygens (including phenoxy) is 1. The molecule has 0 bridgehead atoms. The first-order valence-electron chi connectivity index (χ1n) is 5.52. The van der Waals surface area contributed by atoms with Crippen LogP contribution in [0.3, 0.4) is 0 Å². The smallest absolute Gasteiger partial charge is 0.376 e. The molecule has 0 aromatic carbocycles. The van der Waals surface area contributed by atoms with Gasteiger partial charge in [0.2, 0.25) is 0 Å². The summed E-state index contributed by atoms with van der Waals surface area (Å²) in [4.78, 5) is 24.6. The Hall–Kier alpha value is -1.36. The maximum absolute atomic E-state index is 11.6. The minimum Gasteiger partial charge on any atom is -0.376 e. The Kier molecular flexibility index (Phi) is 2.96. The minimum absolute atomic E-state index is 0.240. The lowest BCUT2D eigenvalue weighted by molar-refractivity contribution is -0.153. The van der Waals surface area contributed by atoms with E-state index >= 15 is 0 Å². The van der Waals surface area contributed by atoms with Crippen LogP contribution in [-0.4, -0.2) is 35.7 Å². The Morgan fingerprint density at radius 2 is 2.31 bits per heavy atom. The van der Waals surface area contributed by atoms with Gasteiger partial charge in [-0.25, -0.2) is 4.79 Å². The molecule has 0 radical (unpaired) electrons. The standard InChI is InChI=1S/C11H16N2O3/c1-3-6-13-9-8(5-4-7(2)12-9)10(14)16-11(13)15/h3,7-9,12H,1,4-6H2,2H3. The molecular weight excluding hydrogens is 208 g/mol. The Balaban J connectivity index is 2.20. The van der Waals surface area contributed by atoms with Gasteiger partial charge in [-0.15, -0.1) is 6.58 Å².